The average Bonchev–Trinajstić information content (AvgIpc) is 2.79. The summed E-state index contributed by atoms with van der Waals surface area (Å²) < 4.78 is 5.81. The average molecular weight is 431 g/mol. The van der Waals surface area contributed by atoms with Crippen LogP contribution in [0.5, 0.6) is 5.75 Å². The van der Waals surface area contributed by atoms with Crippen molar-refractivity contribution in [3.05, 3.63) is 42.2 Å². The molecule has 0 aliphatic carbocycles. The maximum atomic E-state index is 5.81. The topological polar surface area (TPSA) is 35.0 Å². The molecule has 0 N–H and O–H groups in total. The smallest absolute Gasteiger partial charge is 0.159 e. The fourth-order valence-corrected chi connectivity index (χ4v) is 3.73. The molecule has 1 heterocycles. The first-order valence-electron chi connectivity index (χ1n) is 11.9. The lowest BCUT2D eigenvalue weighted by atomic mass is 10.1. The highest BCUT2D eigenvalue weighted by molar-refractivity contribution is 6.17. The number of rotatable bonds is 17. The number of unbranched alkanes of at least 4 members (excludes halogenated alkanes) is 10. The van der Waals surface area contributed by atoms with Crippen LogP contribution in [0.15, 0.2) is 36.7 Å². The van der Waals surface area contributed by atoms with Gasteiger partial charge in [-0.3, -0.25) is 0 Å². The normalized spacial score (nSPS) is 11.0. The van der Waals surface area contributed by atoms with Gasteiger partial charge in [0.05, 0.1) is 6.61 Å². The zero-order valence-corrected chi connectivity index (χ0v) is 19.5. The van der Waals surface area contributed by atoms with Gasteiger partial charge >= 0.3 is 0 Å². The SMILES string of the molecule is CCCCCCCCCCc1cnc(-c2ccc(OCCCCCCCl)cc2)nc1. The molecule has 0 fully saturated rings. The monoisotopic (exact) mass is 430 g/mol. The molecule has 3 nitrogen and oxygen atoms in total. The molecular weight excluding hydrogens is 392 g/mol. The van der Waals surface area contributed by atoms with E-state index in [1.54, 1.807) is 0 Å². The largest absolute Gasteiger partial charge is 0.494 e. The maximum Gasteiger partial charge on any atom is 0.159 e. The Morgan fingerprint density at radius 3 is 2.00 bits per heavy atom. The Morgan fingerprint density at radius 1 is 0.733 bits per heavy atom. The Balaban J connectivity index is 1.65. The second-order valence-electron chi connectivity index (χ2n) is 8.12. The van der Waals surface area contributed by atoms with Gasteiger partial charge in [0.15, 0.2) is 5.82 Å². The molecule has 0 aliphatic heterocycles. The number of benzene rings is 1. The summed E-state index contributed by atoms with van der Waals surface area (Å²) in [4.78, 5) is 9.14. The third-order valence-corrected chi connectivity index (χ3v) is 5.70. The first-order chi connectivity index (χ1) is 14.8. The number of hydrogen-bond acceptors (Lipinski definition) is 3. The van der Waals surface area contributed by atoms with Crippen molar-refractivity contribution in [1.29, 1.82) is 0 Å². The molecule has 2 aromatic rings. The standard InChI is InChI=1S/C26H39ClN2O/c1-2-3-4-5-6-7-8-11-14-23-21-28-26(29-22-23)24-15-17-25(18-16-24)30-20-13-10-9-12-19-27/h15-18,21-22H,2-14,19-20H2,1H3. The van der Waals surface area contributed by atoms with E-state index >= 15 is 0 Å². The van der Waals surface area contributed by atoms with E-state index in [1.807, 2.05) is 36.7 Å². The number of aryl methyl sites for hydroxylation is 1. The van der Waals surface area contributed by atoms with Gasteiger partial charge in [-0.2, -0.15) is 0 Å². The zero-order chi connectivity index (χ0) is 21.3. The van der Waals surface area contributed by atoms with Gasteiger partial charge in [0, 0.05) is 23.8 Å². The highest BCUT2D eigenvalue weighted by atomic mass is 35.5. The number of aromatic nitrogens is 2. The Hall–Kier alpha value is -1.61. The van der Waals surface area contributed by atoms with Crippen molar-refractivity contribution in [3.8, 4) is 17.1 Å². The molecule has 0 radical (unpaired) electrons. The van der Waals surface area contributed by atoms with E-state index < -0.39 is 0 Å². The lowest BCUT2D eigenvalue weighted by molar-refractivity contribution is 0.305. The zero-order valence-electron chi connectivity index (χ0n) is 18.8. The molecule has 0 atom stereocenters. The van der Waals surface area contributed by atoms with Crippen LogP contribution >= 0.6 is 11.6 Å². The van der Waals surface area contributed by atoms with Crippen molar-refractivity contribution >= 4 is 11.6 Å². The van der Waals surface area contributed by atoms with Crippen molar-refractivity contribution in [2.45, 2.75) is 90.4 Å². The summed E-state index contributed by atoms with van der Waals surface area (Å²) in [6.45, 7) is 3.02. The molecule has 0 amide bonds. The van der Waals surface area contributed by atoms with Crippen LogP contribution in [0.25, 0.3) is 11.4 Å². The van der Waals surface area contributed by atoms with Crippen LogP contribution in [-0.2, 0) is 6.42 Å². The van der Waals surface area contributed by atoms with E-state index in [1.165, 1.54) is 69.8 Å². The first kappa shape index (κ1) is 24.7. The van der Waals surface area contributed by atoms with Crippen LogP contribution in [0.4, 0.5) is 0 Å². The first-order valence-corrected chi connectivity index (χ1v) is 12.5. The molecule has 0 aliphatic rings. The third kappa shape index (κ3) is 10.4. The van der Waals surface area contributed by atoms with Crippen molar-refractivity contribution < 1.29 is 4.74 Å². The number of halogens is 1. The highest BCUT2D eigenvalue weighted by Gasteiger charge is 2.03. The number of hydrogen-bond donors (Lipinski definition) is 0. The molecule has 0 bridgehead atoms. The van der Waals surface area contributed by atoms with Crippen LogP contribution in [0.1, 0.15) is 89.5 Å². The lowest BCUT2D eigenvalue weighted by Gasteiger charge is -2.07. The summed E-state index contributed by atoms with van der Waals surface area (Å²) in [7, 11) is 0. The molecule has 4 heteroatoms. The van der Waals surface area contributed by atoms with Crippen LogP contribution < -0.4 is 4.74 Å². The van der Waals surface area contributed by atoms with Gasteiger partial charge in [-0.05, 0) is 55.5 Å². The van der Waals surface area contributed by atoms with Crippen LogP contribution in [0.2, 0.25) is 0 Å². The van der Waals surface area contributed by atoms with E-state index in [2.05, 4.69) is 16.9 Å². The molecule has 2 rings (SSSR count). The van der Waals surface area contributed by atoms with E-state index in [0.29, 0.717) is 0 Å². The molecule has 0 spiro atoms. The third-order valence-electron chi connectivity index (χ3n) is 5.43. The van der Waals surface area contributed by atoms with Gasteiger partial charge in [0.25, 0.3) is 0 Å². The second kappa shape index (κ2) is 16.1. The van der Waals surface area contributed by atoms with Gasteiger partial charge in [0.2, 0.25) is 0 Å². The van der Waals surface area contributed by atoms with Gasteiger partial charge < -0.3 is 4.74 Å². The Kier molecular flexibility index (Phi) is 13.3. The molecular formula is C26H39ClN2O. The Labute approximate surface area is 188 Å². The summed E-state index contributed by atoms with van der Waals surface area (Å²) in [6, 6.07) is 8.09. The summed E-state index contributed by atoms with van der Waals surface area (Å²) in [6.07, 6.45) is 20.3. The quantitative estimate of drug-likeness (QED) is 0.188. The lowest BCUT2D eigenvalue weighted by Crippen LogP contribution is -1.97. The predicted molar refractivity (Wildman–Crippen MR) is 128 cm³/mol. The van der Waals surface area contributed by atoms with E-state index in [4.69, 9.17) is 16.3 Å². The molecule has 0 saturated carbocycles. The minimum Gasteiger partial charge on any atom is -0.494 e. The van der Waals surface area contributed by atoms with Gasteiger partial charge in [0.1, 0.15) is 5.75 Å². The number of ether oxygens (including phenoxy) is 1. The molecule has 1 aromatic carbocycles. The fraction of sp³-hybridized carbons (Fsp3) is 0.615. The van der Waals surface area contributed by atoms with Crippen molar-refractivity contribution in [2.75, 3.05) is 12.5 Å². The summed E-state index contributed by atoms with van der Waals surface area (Å²) in [5, 5.41) is 0. The summed E-state index contributed by atoms with van der Waals surface area (Å²) in [5.74, 6) is 2.44. The van der Waals surface area contributed by atoms with Crippen LogP contribution in [0.3, 0.4) is 0 Å². The van der Waals surface area contributed by atoms with Crippen LogP contribution in [0, 0.1) is 0 Å². The molecule has 30 heavy (non-hydrogen) atoms. The maximum absolute atomic E-state index is 5.81. The number of nitrogens with zero attached hydrogens (tertiary/aromatic N) is 2. The van der Waals surface area contributed by atoms with Crippen molar-refractivity contribution in [1.82, 2.24) is 9.97 Å². The minimum atomic E-state index is 0.755. The second-order valence-corrected chi connectivity index (χ2v) is 8.49. The molecule has 0 saturated heterocycles. The minimum absolute atomic E-state index is 0.755. The predicted octanol–water partition coefficient (Wildman–Crippen LogP) is 8.00. The van der Waals surface area contributed by atoms with Crippen molar-refractivity contribution in [2.24, 2.45) is 0 Å². The van der Waals surface area contributed by atoms with Gasteiger partial charge in [-0.25, -0.2) is 9.97 Å². The Morgan fingerprint density at radius 2 is 1.33 bits per heavy atom. The molecule has 166 valence electrons. The number of alkyl halides is 1. The highest BCUT2D eigenvalue weighted by Crippen LogP contribution is 2.20. The Bertz CT molecular complexity index is 658. The van der Waals surface area contributed by atoms with Gasteiger partial charge in [-0.1, -0.05) is 64.7 Å². The fourth-order valence-electron chi connectivity index (χ4n) is 3.54. The molecule has 1 aromatic heterocycles. The summed E-state index contributed by atoms with van der Waals surface area (Å²) in [5.41, 5.74) is 2.27. The van der Waals surface area contributed by atoms with E-state index in [-0.39, 0.29) is 0 Å². The van der Waals surface area contributed by atoms with Crippen LogP contribution in [-0.4, -0.2) is 22.5 Å². The molecule has 0 unspecified atom stereocenters. The van der Waals surface area contributed by atoms with E-state index in [0.717, 1.165) is 48.9 Å². The summed E-state index contributed by atoms with van der Waals surface area (Å²) >= 11 is 5.69. The van der Waals surface area contributed by atoms with Crippen molar-refractivity contribution in [3.63, 3.8) is 0 Å². The van der Waals surface area contributed by atoms with Gasteiger partial charge in [-0.15, -0.1) is 11.6 Å². The van der Waals surface area contributed by atoms with E-state index in [9.17, 15) is 0 Å².